The second kappa shape index (κ2) is 4.75. The number of aromatic nitrogens is 1. The third-order valence-corrected chi connectivity index (χ3v) is 3.40. The molecule has 0 spiro atoms. The molecule has 2 atom stereocenters. The highest BCUT2D eigenvalue weighted by molar-refractivity contribution is 5.25. The van der Waals surface area contributed by atoms with Crippen LogP contribution in [0.2, 0.25) is 0 Å². The van der Waals surface area contributed by atoms with Crippen LogP contribution in [0.15, 0.2) is 18.3 Å². The van der Waals surface area contributed by atoms with Crippen molar-refractivity contribution in [3.05, 3.63) is 29.6 Å². The minimum absolute atomic E-state index is 0.614. The molecule has 15 heavy (non-hydrogen) atoms. The van der Waals surface area contributed by atoms with Crippen molar-refractivity contribution in [2.45, 2.75) is 38.5 Å². The van der Waals surface area contributed by atoms with E-state index >= 15 is 0 Å². The minimum atomic E-state index is 0.614. The summed E-state index contributed by atoms with van der Waals surface area (Å²) >= 11 is 0. The van der Waals surface area contributed by atoms with Crippen LogP contribution >= 0.6 is 0 Å². The molecule has 0 aromatic carbocycles. The summed E-state index contributed by atoms with van der Waals surface area (Å²) in [6, 6.07) is 4.27. The van der Waals surface area contributed by atoms with Crippen LogP contribution in [-0.2, 0) is 6.42 Å². The Morgan fingerprint density at radius 1 is 1.60 bits per heavy atom. The van der Waals surface area contributed by atoms with Gasteiger partial charge in [0.25, 0.3) is 0 Å². The van der Waals surface area contributed by atoms with Crippen LogP contribution in [0.1, 0.15) is 43.4 Å². The molecular formula is C13H20N2. The number of nitrogens with two attached hydrogens (primary N) is 1. The lowest BCUT2D eigenvalue weighted by Gasteiger charge is -2.26. The molecule has 82 valence electrons. The lowest BCUT2D eigenvalue weighted by atomic mass is 9.81. The summed E-state index contributed by atoms with van der Waals surface area (Å²) in [4.78, 5) is 4.55. The lowest BCUT2D eigenvalue weighted by molar-refractivity contribution is 0.423. The van der Waals surface area contributed by atoms with E-state index in [0.717, 1.165) is 6.54 Å². The predicted octanol–water partition coefficient (Wildman–Crippen LogP) is 2.49. The Bertz CT molecular complexity index is 322. The first-order chi connectivity index (χ1) is 7.31. The highest BCUT2D eigenvalue weighted by atomic mass is 14.7. The highest BCUT2D eigenvalue weighted by Gasteiger charge is 2.22. The van der Waals surface area contributed by atoms with Gasteiger partial charge in [0.2, 0.25) is 0 Å². The molecule has 0 saturated carbocycles. The quantitative estimate of drug-likeness (QED) is 0.821. The van der Waals surface area contributed by atoms with E-state index in [1.165, 1.54) is 36.9 Å². The monoisotopic (exact) mass is 204 g/mol. The number of rotatable bonds is 3. The van der Waals surface area contributed by atoms with Crippen LogP contribution in [0.3, 0.4) is 0 Å². The summed E-state index contributed by atoms with van der Waals surface area (Å²) in [5.74, 6) is 1.26. The molecule has 1 aliphatic rings. The van der Waals surface area contributed by atoms with Gasteiger partial charge in [-0.05, 0) is 49.8 Å². The van der Waals surface area contributed by atoms with Gasteiger partial charge in [-0.15, -0.1) is 0 Å². The third-order valence-electron chi connectivity index (χ3n) is 3.40. The second-order valence-electron chi connectivity index (χ2n) is 4.71. The summed E-state index contributed by atoms with van der Waals surface area (Å²) < 4.78 is 0. The maximum absolute atomic E-state index is 5.69. The van der Waals surface area contributed by atoms with Gasteiger partial charge in [-0.3, -0.25) is 4.98 Å². The minimum Gasteiger partial charge on any atom is -0.330 e. The molecule has 1 heterocycles. The normalized spacial score (nSPS) is 22.1. The van der Waals surface area contributed by atoms with E-state index in [4.69, 9.17) is 5.73 Å². The van der Waals surface area contributed by atoms with Crippen molar-refractivity contribution in [3.8, 4) is 0 Å². The number of hydrogen-bond acceptors (Lipinski definition) is 2. The van der Waals surface area contributed by atoms with Gasteiger partial charge in [-0.25, -0.2) is 0 Å². The van der Waals surface area contributed by atoms with Crippen LogP contribution in [0.4, 0.5) is 0 Å². The molecule has 0 radical (unpaired) electrons. The van der Waals surface area contributed by atoms with E-state index in [9.17, 15) is 0 Å². The highest BCUT2D eigenvalue weighted by Crippen LogP contribution is 2.34. The Labute approximate surface area is 91.9 Å². The van der Waals surface area contributed by atoms with Gasteiger partial charge in [-0.2, -0.15) is 0 Å². The van der Waals surface area contributed by atoms with Crippen LogP contribution in [-0.4, -0.2) is 11.5 Å². The number of fused-ring (bicyclic) bond motifs is 1. The molecule has 0 amide bonds. The smallest absolute Gasteiger partial charge is 0.0466 e. The van der Waals surface area contributed by atoms with Crippen LogP contribution in [0.25, 0.3) is 0 Å². The van der Waals surface area contributed by atoms with Gasteiger partial charge in [0.15, 0.2) is 0 Å². The molecule has 0 saturated heterocycles. The van der Waals surface area contributed by atoms with E-state index in [1.807, 2.05) is 12.3 Å². The molecule has 2 heteroatoms. The van der Waals surface area contributed by atoms with E-state index in [2.05, 4.69) is 18.0 Å². The zero-order valence-electron chi connectivity index (χ0n) is 9.45. The van der Waals surface area contributed by atoms with Crippen molar-refractivity contribution in [1.82, 2.24) is 4.98 Å². The summed E-state index contributed by atoms with van der Waals surface area (Å²) in [5.41, 5.74) is 8.48. The molecule has 2 unspecified atom stereocenters. The molecule has 1 aromatic heterocycles. The number of nitrogens with zero attached hydrogens (tertiary/aromatic N) is 1. The summed E-state index contributed by atoms with van der Waals surface area (Å²) in [6.45, 7) is 3.02. The molecular weight excluding hydrogens is 184 g/mol. The van der Waals surface area contributed by atoms with Crippen molar-refractivity contribution in [3.63, 3.8) is 0 Å². The van der Waals surface area contributed by atoms with E-state index in [-0.39, 0.29) is 0 Å². The van der Waals surface area contributed by atoms with Crippen LogP contribution in [0.5, 0.6) is 0 Å². The maximum atomic E-state index is 5.69. The van der Waals surface area contributed by atoms with Gasteiger partial charge in [0, 0.05) is 17.8 Å². The fourth-order valence-electron chi connectivity index (χ4n) is 2.52. The number of aryl methyl sites for hydroxylation is 1. The summed E-state index contributed by atoms with van der Waals surface area (Å²) in [6.07, 6.45) is 6.91. The standard InChI is InChI=1S/C13H20N2/c1-10(9-14)8-12-5-2-4-11-6-3-7-15-13(11)12/h3,6-7,10,12H,2,4-5,8-9,14H2,1H3. The largest absolute Gasteiger partial charge is 0.330 e. The summed E-state index contributed by atoms with van der Waals surface area (Å²) in [7, 11) is 0. The van der Waals surface area contributed by atoms with Crippen molar-refractivity contribution < 1.29 is 0 Å². The van der Waals surface area contributed by atoms with E-state index in [1.54, 1.807) is 0 Å². The Morgan fingerprint density at radius 2 is 2.47 bits per heavy atom. The molecule has 1 aliphatic carbocycles. The Morgan fingerprint density at radius 3 is 3.27 bits per heavy atom. The average molecular weight is 204 g/mol. The van der Waals surface area contributed by atoms with Gasteiger partial charge in [0.1, 0.15) is 0 Å². The first kappa shape index (κ1) is 10.6. The average Bonchev–Trinajstić information content (AvgIpc) is 2.29. The maximum Gasteiger partial charge on any atom is 0.0466 e. The molecule has 2 rings (SSSR count). The van der Waals surface area contributed by atoms with Crippen molar-refractivity contribution in [1.29, 1.82) is 0 Å². The van der Waals surface area contributed by atoms with E-state index < -0.39 is 0 Å². The zero-order chi connectivity index (χ0) is 10.7. The number of pyridine rings is 1. The van der Waals surface area contributed by atoms with Crippen LogP contribution in [0, 0.1) is 5.92 Å². The summed E-state index contributed by atoms with van der Waals surface area (Å²) in [5, 5.41) is 0. The molecule has 1 aromatic rings. The van der Waals surface area contributed by atoms with Crippen LogP contribution < -0.4 is 5.73 Å². The number of hydrogen-bond donors (Lipinski definition) is 1. The topological polar surface area (TPSA) is 38.9 Å². The van der Waals surface area contributed by atoms with Gasteiger partial charge in [-0.1, -0.05) is 13.0 Å². The van der Waals surface area contributed by atoms with Crippen molar-refractivity contribution in [2.24, 2.45) is 11.7 Å². The van der Waals surface area contributed by atoms with Crippen molar-refractivity contribution >= 4 is 0 Å². The molecule has 2 nitrogen and oxygen atoms in total. The Balaban J connectivity index is 2.15. The molecule has 2 N–H and O–H groups in total. The van der Waals surface area contributed by atoms with E-state index in [0.29, 0.717) is 11.8 Å². The lowest BCUT2D eigenvalue weighted by Crippen LogP contribution is -2.18. The first-order valence-corrected chi connectivity index (χ1v) is 5.95. The predicted molar refractivity (Wildman–Crippen MR) is 62.8 cm³/mol. The Hall–Kier alpha value is -0.890. The zero-order valence-corrected chi connectivity index (χ0v) is 9.45. The Kier molecular flexibility index (Phi) is 3.37. The molecule has 0 fully saturated rings. The first-order valence-electron chi connectivity index (χ1n) is 5.95. The van der Waals surface area contributed by atoms with Crippen molar-refractivity contribution in [2.75, 3.05) is 6.54 Å². The van der Waals surface area contributed by atoms with Gasteiger partial charge >= 0.3 is 0 Å². The van der Waals surface area contributed by atoms with Gasteiger partial charge in [0.05, 0.1) is 0 Å². The third kappa shape index (κ3) is 2.37. The fourth-order valence-corrected chi connectivity index (χ4v) is 2.52. The fraction of sp³-hybridized carbons (Fsp3) is 0.615. The van der Waals surface area contributed by atoms with Gasteiger partial charge < -0.3 is 5.73 Å². The second-order valence-corrected chi connectivity index (χ2v) is 4.71. The molecule has 0 bridgehead atoms. The SMILES string of the molecule is CC(CN)CC1CCCc2cccnc21. The molecule has 0 aliphatic heterocycles.